The van der Waals surface area contributed by atoms with Crippen LogP contribution in [0.5, 0.6) is 0 Å². The van der Waals surface area contributed by atoms with E-state index in [1.54, 1.807) is 30.5 Å². The standard InChI is InChI=1S/C27H23N2O.C14H14N.Ir/c1-18-12-13-22-21-10-7-11-23(25(21)30-26(22)29-18)24-16-19(14-15-28-24)17-27(2,3)20-8-5-4-6-9-20;1-10-4-6-13(7-5-10)14-8-11(2)12(3)9-15-14;/h4-10,12-16H,17H2,1-3H3;4-6,8-9H,1-3H3;/q2*-1;/i1D3,17D2;;. The van der Waals surface area contributed by atoms with Gasteiger partial charge in [-0.25, -0.2) is 4.98 Å². The van der Waals surface area contributed by atoms with Gasteiger partial charge in [0.1, 0.15) is 0 Å². The predicted octanol–water partition coefficient (Wildman–Crippen LogP) is 10.1. The average molecular weight is 785 g/mol. The monoisotopic (exact) mass is 785 g/mol. The summed E-state index contributed by atoms with van der Waals surface area (Å²) in [4.78, 5) is 13.1. The van der Waals surface area contributed by atoms with Gasteiger partial charge in [-0.05, 0) is 73.2 Å². The predicted molar refractivity (Wildman–Crippen MR) is 184 cm³/mol. The number of aromatic nitrogens is 3. The van der Waals surface area contributed by atoms with Crippen LogP contribution in [0.25, 0.3) is 44.6 Å². The van der Waals surface area contributed by atoms with Gasteiger partial charge in [0.2, 0.25) is 5.71 Å². The number of aryl methyl sites for hydroxylation is 4. The van der Waals surface area contributed by atoms with Gasteiger partial charge in [0, 0.05) is 50.4 Å². The molecule has 7 aromatic rings. The molecule has 5 heteroatoms. The second-order valence-electron chi connectivity index (χ2n) is 11.7. The van der Waals surface area contributed by atoms with Crippen molar-refractivity contribution in [3.63, 3.8) is 0 Å². The van der Waals surface area contributed by atoms with E-state index in [2.05, 4.69) is 66.1 Å². The van der Waals surface area contributed by atoms with Crippen LogP contribution in [-0.4, -0.2) is 15.0 Å². The Morgan fingerprint density at radius 3 is 2.41 bits per heavy atom. The summed E-state index contributed by atoms with van der Waals surface area (Å²) in [6.07, 6.45) is 1.80. The van der Waals surface area contributed by atoms with Crippen LogP contribution in [0, 0.1) is 39.8 Å². The molecule has 4 nitrogen and oxygen atoms in total. The average Bonchev–Trinajstić information content (AvgIpc) is 3.48. The Labute approximate surface area is 292 Å². The van der Waals surface area contributed by atoms with Crippen LogP contribution in [0.1, 0.15) is 54.2 Å². The van der Waals surface area contributed by atoms with Crippen molar-refractivity contribution in [3.05, 3.63) is 149 Å². The van der Waals surface area contributed by atoms with Crippen molar-refractivity contribution in [1.82, 2.24) is 15.0 Å². The first-order chi connectivity index (χ1) is 23.7. The van der Waals surface area contributed by atoms with E-state index in [9.17, 15) is 0 Å². The van der Waals surface area contributed by atoms with Gasteiger partial charge in [-0.15, -0.1) is 53.6 Å². The fourth-order valence-corrected chi connectivity index (χ4v) is 5.18. The summed E-state index contributed by atoms with van der Waals surface area (Å²) in [5.74, 6) is 0. The Hall–Kier alpha value is -4.44. The summed E-state index contributed by atoms with van der Waals surface area (Å²) < 4.78 is 47.0. The fourth-order valence-electron chi connectivity index (χ4n) is 5.18. The molecule has 0 N–H and O–H groups in total. The zero-order chi connectivity index (χ0) is 35.8. The molecule has 0 unspecified atom stereocenters. The fraction of sp³-hybridized carbons (Fsp3) is 0.195. The zero-order valence-electron chi connectivity index (χ0n) is 31.4. The Balaban J connectivity index is 0.000000264. The third-order valence-corrected chi connectivity index (χ3v) is 7.88. The number of pyridine rings is 3. The maximum atomic E-state index is 9.04. The van der Waals surface area contributed by atoms with E-state index in [1.807, 2.05) is 62.5 Å². The quantitative estimate of drug-likeness (QED) is 0.163. The van der Waals surface area contributed by atoms with Gasteiger partial charge >= 0.3 is 0 Å². The number of fused-ring (bicyclic) bond motifs is 3. The Morgan fingerprint density at radius 1 is 0.848 bits per heavy atom. The topological polar surface area (TPSA) is 51.8 Å². The maximum absolute atomic E-state index is 9.04. The van der Waals surface area contributed by atoms with Gasteiger partial charge in [-0.3, -0.25) is 0 Å². The second kappa shape index (κ2) is 13.9. The number of rotatable bonds is 5. The van der Waals surface area contributed by atoms with Gasteiger partial charge in [0.05, 0.1) is 5.58 Å². The van der Waals surface area contributed by atoms with Crippen molar-refractivity contribution < 1.29 is 31.4 Å². The van der Waals surface area contributed by atoms with Gasteiger partial charge in [-0.1, -0.05) is 85.3 Å². The van der Waals surface area contributed by atoms with Crippen molar-refractivity contribution in [1.29, 1.82) is 0 Å². The van der Waals surface area contributed by atoms with Crippen LogP contribution in [-0.2, 0) is 31.9 Å². The molecule has 0 fully saturated rings. The first-order valence-corrected chi connectivity index (χ1v) is 14.9. The van der Waals surface area contributed by atoms with E-state index in [1.165, 1.54) is 22.8 Å². The molecule has 0 atom stereocenters. The van der Waals surface area contributed by atoms with Crippen LogP contribution in [0.4, 0.5) is 0 Å². The molecular formula is C41H37IrN3O-2. The first kappa shape index (κ1) is 26.7. The van der Waals surface area contributed by atoms with E-state index >= 15 is 0 Å². The molecule has 46 heavy (non-hydrogen) atoms. The van der Waals surface area contributed by atoms with Crippen LogP contribution in [0.3, 0.4) is 0 Å². The maximum Gasteiger partial charge on any atom is 0.216 e. The molecule has 3 aromatic carbocycles. The Kier molecular flexibility index (Phi) is 8.09. The molecule has 4 heterocycles. The molecule has 0 saturated carbocycles. The second-order valence-corrected chi connectivity index (χ2v) is 11.7. The molecule has 1 radical (unpaired) electrons. The number of benzene rings is 3. The molecule has 0 amide bonds. The molecule has 0 aliphatic heterocycles. The molecule has 0 saturated heterocycles. The minimum atomic E-state index is -2.34. The first-order valence-electron chi connectivity index (χ1n) is 17.4. The van der Waals surface area contributed by atoms with Crippen LogP contribution < -0.4 is 0 Å². The van der Waals surface area contributed by atoms with Gasteiger partial charge in [0.15, 0.2) is 0 Å². The molecule has 0 aliphatic rings. The third kappa shape index (κ3) is 7.17. The number of furan rings is 1. The SMILES string of the molecule is Cc1c[c-]c(-c2cc(C)c(C)cn2)cc1.[2H]C([2H])([2H])c1ccc2c(n1)oc1c(-c3cc(C([2H])([2H])C(C)(C)c4ccccc4)ccn3)[c-]ccc12.[Ir]. The van der Waals surface area contributed by atoms with E-state index in [0.29, 0.717) is 27.8 Å². The summed E-state index contributed by atoms with van der Waals surface area (Å²) in [6, 6.07) is 34.4. The van der Waals surface area contributed by atoms with Gasteiger partial charge in [-0.2, -0.15) is 0 Å². The summed E-state index contributed by atoms with van der Waals surface area (Å²) in [7, 11) is 0. The van der Waals surface area contributed by atoms with Crippen molar-refractivity contribution in [2.24, 2.45) is 0 Å². The smallest absolute Gasteiger partial charge is 0.216 e. The van der Waals surface area contributed by atoms with Gasteiger partial charge in [0.25, 0.3) is 0 Å². The van der Waals surface area contributed by atoms with E-state index in [4.69, 9.17) is 11.3 Å². The minimum Gasteiger partial charge on any atom is -0.486 e. The van der Waals surface area contributed by atoms with Crippen LogP contribution in [0.15, 0.2) is 108 Å². The van der Waals surface area contributed by atoms with Crippen molar-refractivity contribution in [3.8, 4) is 22.5 Å². The van der Waals surface area contributed by atoms with Crippen molar-refractivity contribution in [2.45, 2.75) is 53.3 Å². The Bertz CT molecular complexity index is 2300. The molecule has 4 aromatic heterocycles. The molecule has 233 valence electrons. The van der Waals surface area contributed by atoms with E-state index in [-0.39, 0.29) is 31.5 Å². The van der Waals surface area contributed by atoms with E-state index < -0.39 is 18.6 Å². The zero-order valence-corrected chi connectivity index (χ0v) is 28.8. The van der Waals surface area contributed by atoms with E-state index in [0.717, 1.165) is 22.2 Å². The largest absolute Gasteiger partial charge is 0.486 e. The van der Waals surface area contributed by atoms with Crippen LogP contribution >= 0.6 is 0 Å². The van der Waals surface area contributed by atoms with Crippen molar-refractivity contribution >= 4 is 22.1 Å². The molecular weight excluding hydrogens is 743 g/mol. The van der Waals surface area contributed by atoms with Crippen LogP contribution in [0.2, 0.25) is 0 Å². The summed E-state index contributed by atoms with van der Waals surface area (Å²) in [5, 5.41) is 1.46. The third-order valence-electron chi connectivity index (χ3n) is 7.88. The molecule has 0 aliphatic carbocycles. The summed E-state index contributed by atoms with van der Waals surface area (Å²) in [5.41, 5.74) is 8.09. The normalized spacial score (nSPS) is 13.4. The summed E-state index contributed by atoms with van der Waals surface area (Å²) in [6.45, 7) is 7.69. The molecule has 0 bridgehead atoms. The number of nitrogens with zero attached hydrogens (tertiary/aromatic N) is 3. The summed E-state index contributed by atoms with van der Waals surface area (Å²) >= 11 is 0. The molecule has 0 spiro atoms. The Morgan fingerprint density at radius 2 is 1.67 bits per heavy atom. The van der Waals surface area contributed by atoms with Gasteiger partial charge < -0.3 is 14.4 Å². The number of hydrogen-bond acceptors (Lipinski definition) is 4. The minimum absolute atomic E-state index is 0. The van der Waals surface area contributed by atoms with Crippen molar-refractivity contribution in [2.75, 3.05) is 0 Å². The molecule has 7 rings (SSSR count). The number of hydrogen-bond donors (Lipinski definition) is 0.